The quantitative estimate of drug-likeness (QED) is 0.849. The molecule has 0 aliphatic carbocycles. The first-order chi connectivity index (χ1) is 7.72. The van der Waals surface area contributed by atoms with Crippen LogP contribution in [0.25, 0.3) is 0 Å². The molecule has 16 heavy (non-hydrogen) atoms. The van der Waals surface area contributed by atoms with Crippen molar-refractivity contribution in [3.05, 3.63) is 16.6 Å². The number of nitrogens with zero attached hydrogens (tertiary/aromatic N) is 1. The SMILES string of the molecule is COc1cc(Br)cc(N2CCCCC2)c1N. The largest absolute Gasteiger partial charge is 0.494 e. The Morgan fingerprint density at radius 3 is 2.56 bits per heavy atom. The summed E-state index contributed by atoms with van der Waals surface area (Å²) in [6.07, 6.45) is 3.81. The normalized spacial score (nSPS) is 16.2. The molecule has 0 radical (unpaired) electrons. The van der Waals surface area contributed by atoms with Crippen LogP contribution in [0, 0.1) is 0 Å². The highest BCUT2D eigenvalue weighted by Crippen LogP contribution is 2.36. The van der Waals surface area contributed by atoms with Gasteiger partial charge >= 0.3 is 0 Å². The van der Waals surface area contributed by atoms with Gasteiger partial charge < -0.3 is 15.4 Å². The average molecular weight is 285 g/mol. The monoisotopic (exact) mass is 284 g/mol. The van der Waals surface area contributed by atoms with Crippen LogP contribution in [0.5, 0.6) is 5.75 Å². The van der Waals surface area contributed by atoms with Crippen LogP contribution in [0.3, 0.4) is 0 Å². The number of hydrogen-bond donors (Lipinski definition) is 1. The maximum Gasteiger partial charge on any atom is 0.145 e. The molecule has 88 valence electrons. The molecular weight excluding hydrogens is 268 g/mol. The Morgan fingerprint density at radius 1 is 1.25 bits per heavy atom. The van der Waals surface area contributed by atoms with Crippen molar-refractivity contribution in [2.75, 3.05) is 30.8 Å². The zero-order chi connectivity index (χ0) is 11.5. The number of rotatable bonds is 2. The van der Waals surface area contributed by atoms with Crippen molar-refractivity contribution in [3.63, 3.8) is 0 Å². The highest BCUT2D eigenvalue weighted by Gasteiger charge is 2.16. The van der Waals surface area contributed by atoms with Gasteiger partial charge in [0.15, 0.2) is 0 Å². The van der Waals surface area contributed by atoms with E-state index in [1.54, 1.807) is 7.11 Å². The number of nitrogens with two attached hydrogens (primary N) is 1. The number of benzene rings is 1. The zero-order valence-electron chi connectivity index (χ0n) is 9.50. The van der Waals surface area contributed by atoms with Gasteiger partial charge in [-0.3, -0.25) is 0 Å². The van der Waals surface area contributed by atoms with Crippen LogP contribution < -0.4 is 15.4 Å². The minimum atomic E-state index is 0.743. The van der Waals surface area contributed by atoms with Gasteiger partial charge in [-0.05, 0) is 31.4 Å². The number of hydrogen-bond acceptors (Lipinski definition) is 3. The predicted molar refractivity (Wildman–Crippen MR) is 71.2 cm³/mol. The van der Waals surface area contributed by atoms with E-state index in [0.717, 1.165) is 34.7 Å². The molecular formula is C12H17BrN2O. The van der Waals surface area contributed by atoms with Crippen molar-refractivity contribution in [1.29, 1.82) is 0 Å². The summed E-state index contributed by atoms with van der Waals surface area (Å²) in [6, 6.07) is 3.98. The Morgan fingerprint density at radius 2 is 1.94 bits per heavy atom. The van der Waals surface area contributed by atoms with Gasteiger partial charge in [-0.15, -0.1) is 0 Å². The van der Waals surface area contributed by atoms with Crippen LogP contribution in [0.15, 0.2) is 16.6 Å². The summed E-state index contributed by atoms with van der Waals surface area (Å²) < 4.78 is 6.29. The fourth-order valence-corrected chi connectivity index (χ4v) is 2.57. The Bertz CT molecular complexity index is 376. The number of methoxy groups -OCH3 is 1. The van der Waals surface area contributed by atoms with Crippen molar-refractivity contribution in [3.8, 4) is 5.75 Å². The summed E-state index contributed by atoms with van der Waals surface area (Å²) in [5, 5.41) is 0. The molecule has 1 aliphatic heterocycles. The maximum atomic E-state index is 6.11. The van der Waals surface area contributed by atoms with Crippen molar-refractivity contribution in [1.82, 2.24) is 0 Å². The zero-order valence-corrected chi connectivity index (χ0v) is 11.1. The summed E-state index contributed by atoms with van der Waals surface area (Å²) >= 11 is 3.49. The van der Waals surface area contributed by atoms with Gasteiger partial charge in [0.2, 0.25) is 0 Å². The van der Waals surface area contributed by atoms with Gasteiger partial charge in [0, 0.05) is 17.6 Å². The third kappa shape index (κ3) is 2.26. The van der Waals surface area contributed by atoms with Gasteiger partial charge in [0.25, 0.3) is 0 Å². The molecule has 4 heteroatoms. The third-order valence-electron chi connectivity index (χ3n) is 3.00. The molecule has 0 atom stereocenters. The van der Waals surface area contributed by atoms with E-state index >= 15 is 0 Å². The number of anilines is 2. The molecule has 0 aromatic heterocycles. The molecule has 0 bridgehead atoms. The lowest BCUT2D eigenvalue weighted by Gasteiger charge is -2.30. The van der Waals surface area contributed by atoms with Gasteiger partial charge in [-0.2, -0.15) is 0 Å². The van der Waals surface area contributed by atoms with Crippen molar-refractivity contribution in [2.45, 2.75) is 19.3 Å². The van der Waals surface area contributed by atoms with Gasteiger partial charge in [0.1, 0.15) is 5.75 Å². The molecule has 2 N–H and O–H groups in total. The third-order valence-corrected chi connectivity index (χ3v) is 3.46. The number of nitrogen functional groups attached to an aromatic ring is 1. The lowest BCUT2D eigenvalue weighted by molar-refractivity contribution is 0.416. The molecule has 3 nitrogen and oxygen atoms in total. The van der Waals surface area contributed by atoms with Crippen LogP contribution >= 0.6 is 15.9 Å². The Labute approximate surface area is 105 Å². The van der Waals surface area contributed by atoms with Crippen molar-refractivity contribution >= 4 is 27.3 Å². The van der Waals surface area contributed by atoms with Crippen molar-refractivity contribution in [2.24, 2.45) is 0 Å². The number of ether oxygens (including phenoxy) is 1. The molecule has 1 aromatic carbocycles. The second kappa shape index (κ2) is 4.95. The van der Waals surface area contributed by atoms with E-state index in [-0.39, 0.29) is 0 Å². The summed E-state index contributed by atoms with van der Waals surface area (Å²) in [6.45, 7) is 2.17. The highest BCUT2D eigenvalue weighted by molar-refractivity contribution is 9.10. The number of halogens is 1. The van der Waals surface area contributed by atoms with Crippen LogP contribution in [0.2, 0.25) is 0 Å². The van der Waals surface area contributed by atoms with E-state index < -0.39 is 0 Å². The molecule has 0 spiro atoms. The first-order valence-corrected chi connectivity index (χ1v) is 6.39. The molecule has 0 amide bonds. The van der Waals surface area contributed by atoms with Crippen LogP contribution in [-0.2, 0) is 0 Å². The number of piperidine rings is 1. The van der Waals surface area contributed by atoms with E-state index in [2.05, 4.69) is 26.9 Å². The minimum Gasteiger partial charge on any atom is -0.494 e. The molecule has 1 aliphatic rings. The van der Waals surface area contributed by atoms with E-state index in [1.807, 2.05) is 6.07 Å². The van der Waals surface area contributed by atoms with E-state index in [4.69, 9.17) is 10.5 Å². The Hall–Kier alpha value is -0.900. The summed E-state index contributed by atoms with van der Waals surface area (Å²) in [5.41, 5.74) is 7.94. The summed E-state index contributed by atoms with van der Waals surface area (Å²) in [4.78, 5) is 2.34. The van der Waals surface area contributed by atoms with Gasteiger partial charge in [0.05, 0.1) is 18.5 Å². The standard InChI is InChI=1S/C12H17BrN2O/c1-16-11-8-9(13)7-10(12(11)14)15-5-3-2-4-6-15/h7-8H,2-6,14H2,1H3. The molecule has 1 saturated heterocycles. The van der Waals surface area contributed by atoms with E-state index in [9.17, 15) is 0 Å². The second-order valence-corrected chi connectivity index (χ2v) is 5.00. The topological polar surface area (TPSA) is 38.5 Å². The molecule has 1 heterocycles. The van der Waals surface area contributed by atoms with Crippen LogP contribution in [-0.4, -0.2) is 20.2 Å². The fraction of sp³-hybridized carbons (Fsp3) is 0.500. The Kier molecular flexibility index (Phi) is 3.59. The summed E-state index contributed by atoms with van der Waals surface area (Å²) in [5.74, 6) is 0.745. The lowest BCUT2D eigenvalue weighted by atomic mass is 10.1. The summed E-state index contributed by atoms with van der Waals surface area (Å²) in [7, 11) is 1.65. The van der Waals surface area contributed by atoms with E-state index in [0.29, 0.717) is 0 Å². The molecule has 1 aromatic rings. The first-order valence-electron chi connectivity index (χ1n) is 5.60. The maximum absolute atomic E-state index is 6.11. The second-order valence-electron chi connectivity index (χ2n) is 4.09. The highest BCUT2D eigenvalue weighted by atomic mass is 79.9. The first kappa shape index (κ1) is 11.6. The fourth-order valence-electron chi connectivity index (χ4n) is 2.14. The predicted octanol–water partition coefficient (Wildman–Crippen LogP) is 3.03. The molecule has 2 rings (SSSR count). The van der Waals surface area contributed by atoms with Gasteiger partial charge in [-0.25, -0.2) is 0 Å². The smallest absolute Gasteiger partial charge is 0.145 e. The molecule has 0 unspecified atom stereocenters. The van der Waals surface area contributed by atoms with Crippen LogP contribution in [0.1, 0.15) is 19.3 Å². The van der Waals surface area contributed by atoms with E-state index in [1.165, 1.54) is 19.3 Å². The van der Waals surface area contributed by atoms with Gasteiger partial charge in [-0.1, -0.05) is 15.9 Å². The van der Waals surface area contributed by atoms with Crippen molar-refractivity contribution < 1.29 is 4.74 Å². The lowest BCUT2D eigenvalue weighted by Crippen LogP contribution is -2.30. The Balaban J connectivity index is 2.34. The van der Waals surface area contributed by atoms with Crippen LogP contribution in [0.4, 0.5) is 11.4 Å². The minimum absolute atomic E-state index is 0.743. The average Bonchev–Trinajstić information content (AvgIpc) is 2.33. The molecule has 0 saturated carbocycles. The molecule has 1 fully saturated rings.